The molecule has 17 heavy (non-hydrogen) atoms. The maximum absolute atomic E-state index is 11.7. The van der Waals surface area contributed by atoms with E-state index in [4.69, 9.17) is 0 Å². The van der Waals surface area contributed by atoms with Crippen LogP contribution in [0.2, 0.25) is 0 Å². The van der Waals surface area contributed by atoms with Crippen molar-refractivity contribution in [3.05, 3.63) is 0 Å². The van der Waals surface area contributed by atoms with E-state index >= 15 is 0 Å². The molecule has 0 saturated carbocycles. The average Bonchev–Trinajstić information content (AvgIpc) is 2.15. The Morgan fingerprint density at radius 3 is 2.76 bits per heavy atom. The third-order valence-corrected chi connectivity index (χ3v) is 3.05. The van der Waals surface area contributed by atoms with E-state index in [0.29, 0.717) is 13.1 Å². The van der Waals surface area contributed by atoms with Crippen LogP contribution in [0.15, 0.2) is 0 Å². The van der Waals surface area contributed by atoms with Gasteiger partial charge in [0.05, 0.1) is 12.6 Å². The van der Waals surface area contributed by atoms with Gasteiger partial charge in [-0.1, -0.05) is 20.8 Å². The molecule has 1 amide bonds. The first kappa shape index (κ1) is 14.5. The summed E-state index contributed by atoms with van der Waals surface area (Å²) in [6, 6.07) is 0. The molecule has 0 spiro atoms. The van der Waals surface area contributed by atoms with Crippen LogP contribution in [0.25, 0.3) is 0 Å². The van der Waals surface area contributed by atoms with Crippen LogP contribution < -0.4 is 5.32 Å². The molecule has 1 aliphatic heterocycles. The number of amides is 1. The van der Waals surface area contributed by atoms with Gasteiger partial charge in [0.1, 0.15) is 0 Å². The van der Waals surface area contributed by atoms with Crippen LogP contribution in [-0.2, 0) is 4.79 Å². The maximum atomic E-state index is 11.7. The number of carbonyl (C=O) groups is 1. The maximum Gasteiger partial charge on any atom is 0.234 e. The van der Waals surface area contributed by atoms with Crippen molar-refractivity contribution >= 4 is 5.91 Å². The van der Waals surface area contributed by atoms with E-state index in [2.05, 4.69) is 26.1 Å². The zero-order chi connectivity index (χ0) is 12.9. The minimum Gasteiger partial charge on any atom is -0.392 e. The Balaban J connectivity index is 2.16. The Labute approximate surface area is 104 Å². The van der Waals surface area contributed by atoms with Gasteiger partial charge in [-0.2, -0.15) is 0 Å². The number of hydrogen-bond acceptors (Lipinski definition) is 3. The number of aliphatic hydroxyl groups is 1. The van der Waals surface area contributed by atoms with E-state index in [9.17, 15) is 9.90 Å². The average molecular weight is 242 g/mol. The Bertz CT molecular complexity index is 248. The van der Waals surface area contributed by atoms with Gasteiger partial charge in [-0.3, -0.25) is 9.69 Å². The van der Waals surface area contributed by atoms with E-state index in [0.717, 1.165) is 32.4 Å². The summed E-state index contributed by atoms with van der Waals surface area (Å²) < 4.78 is 0. The van der Waals surface area contributed by atoms with Crippen LogP contribution in [0, 0.1) is 5.41 Å². The van der Waals surface area contributed by atoms with Crippen LogP contribution in [0.5, 0.6) is 0 Å². The summed E-state index contributed by atoms with van der Waals surface area (Å²) in [6.07, 6.45) is 2.58. The standard InChI is InChI=1S/C13H26N2O2/c1-13(2,3)6-7-14-12(17)10-15-8-4-5-11(16)9-15/h11,16H,4-10H2,1-3H3,(H,14,17). The Morgan fingerprint density at radius 2 is 2.18 bits per heavy atom. The molecule has 1 unspecified atom stereocenters. The fraction of sp³-hybridized carbons (Fsp3) is 0.923. The molecule has 0 aliphatic carbocycles. The monoisotopic (exact) mass is 242 g/mol. The molecular weight excluding hydrogens is 216 g/mol. The largest absolute Gasteiger partial charge is 0.392 e. The van der Waals surface area contributed by atoms with Crippen molar-refractivity contribution < 1.29 is 9.90 Å². The molecule has 0 aromatic rings. The summed E-state index contributed by atoms with van der Waals surface area (Å²) >= 11 is 0. The molecule has 100 valence electrons. The van der Waals surface area contributed by atoms with Crippen LogP contribution in [0.4, 0.5) is 0 Å². The fourth-order valence-corrected chi connectivity index (χ4v) is 2.01. The minimum atomic E-state index is -0.258. The summed E-state index contributed by atoms with van der Waals surface area (Å²) in [7, 11) is 0. The van der Waals surface area contributed by atoms with E-state index < -0.39 is 0 Å². The van der Waals surface area contributed by atoms with E-state index in [-0.39, 0.29) is 17.4 Å². The third-order valence-electron chi connectivity index (χ3n) is 3.05. The lowest BCUT2D eigenvalue weighted by Crippen LogP contribution is -2.44. The summed E-state index contributed by atoms with van der Waals surface area (Å²) in [5, 5.41) is 12.4. The van der Waals surface area contributed by atoms with Crippen LogP contribution >= 0.6 is 0 Å². The second-order valence-electron chi connectivity index (χ2n) is 6.19. The first-order valence-electron chi connectivity index (χ1n) is 6.54. The quantitative estimate of drug-likeness (QED) is 0.773. The zero-order valence-electron chi connectivity index (χ0n) is 11.3. The predicted octanol–water partition coefficient (Wildman–Crippen LogP) is 0.995. The highest BCUT2D eigenvalue weighted by Gasteiger charge is 2.19. The highest BCUT2D eigenvalue weighted by atomic mass is 16.3. The number of nitrogens with zero attached hydrogens (tertiary/aromatic N) is 1. The van der Waals surface area contributed by atoms with Gasteiger partial charge in [0.25, 0.3) is 0 Å². The molecule has 1 saturated heterocycles. The molecule has 1 aliphatic rings. The van der Waals surface area contributed by atoms with E-state index in [1.54, 1.807) is 0 Å². The highest BCUT2D eigenvalue weighted by Crippen LogP contribution is 2.16. The Hall–Kier alpha value is -0.610. The minimum absolute atomic E-state index is 0.0725. The first-order chi connectivity index (χ1) is 7.87. The molecular formula is C13H26N2O2. The van der Waals surface area contributed by atoms with Crippen molar-refractivity contribution in [2.45, 2.75) is 46.1 Å². The van der Waals surface area contributed by atoms with Crippen LogP contribution in [-0.4, -0.2) is 48.2 Å². The molecule has 1 heterocycles. The summed E-state index contributed by atoms with van der Waals surface area (Å²) in [5.41, 5.74) is 0.259. The van der Waals surface area contributed by atoms with Crippen molar-refractivity contribution in [3.8, 4) is 0 Å². The Morgan fingerprint density at radius 1 is 1.47 bits per heavy atom. The second kappa shape index (κ2) is 6.36. The van der Waals surface area contributed by atoms with Gasteiger partial charge in [0.2, 0.25) is 5.91 Å². The SMILES string of the molecule is CC(C)(C)CCNC(=O)CN1CCCC(O)C1. The fourth-order valence-electron chi connectivity index (χ4n) is 2.01. The first-order valence-corrected chi connectivity index (χ1v) is 6.54. The van der Waals surface area contributed by atoms with Crippen molar-refractivity contribution in [2.75, 3.05) is 26.2 Å². The summed E-state index contributed by atoms with van der Waals surface area (Å²) in [4.78, 5) is 13.7. The van der Waals surface area contributed by atoms with E-state index in [1.165, 1.54) is 0 Å². The summed E-state index contributed by atoms with van der Waals surface area (Å²) in [6.45, 7) is 9.21. The molecule has 0 aromatic heterocycles. The number of likely N-dealkylation sites (tertiary alicyclic amines) is 1. The molecule has 4 heteroatoms. The molecule has 0 bridgehead atoms. The van der Waals surface area contributed by atoms with Gasteiger partial charge in [0, 0.05) is 13.1 Å². The van der Waals surface area contributed by atoms with Crippen molar-refractivity contribution in [2.24, 2.45) is 5.41 Å². The lowest BCUT2D eigenvalue weighted by Gasteiger charge is -2.29. The molecule has 0 aromatic carbocycles. The van der Waals surface area contributed by atoms with Gasteiger partial charge in [0.15, 0.2) is 0 Å². The summed E-state index contributed by atoms with van der Waals surface area (Å²) in [5.74, 6) is 0.0725. The van der Waals surface area contributed by atoms with Crippen molar-refractivity contribution in [1.29, 1.82) is 0 Å². The van der Waals surface area contributed by atoms with Gasteiger partial charge >= 0.3 is 0 Å². The topological polar surface area (TPSA) is 52.6 Å². The smallest absolute Gasteiger partial charge is 0.234 e. The van der Waals surface area contributed by atoms with Gasteiger partial charge in [-0.15, -0.1) is 0 Å². The van der Waals surface area contributed by atoms with Gasteiger partial charge in [-0.25, -0.2) is 0 Å². The normalized spacial score (nSPS) is 22.5. The number of nitrogens with one attached hydrogen (secondary N) is 1. The van der Waals surface area contributed by atoms with E-state index in [1.807, 2.05) is 4.90 Å². The molecule has 2 N–H and O–H groups in total. The molecule has 1 fully saturated rings. The lowest BCUT2D eigenvalue weighted by molar-refractivity contribution is -0.123. The van der Waals surface area contributed by atoms with Gasteiger partial charge in [-0.05, 0) is 31.2 Å². The molecule has 1 atom stereocenters. The number of rotatable bonds is 4. The van der Waals surface area contributed by atoms with Gasteiger partial charge < -0.3 is 10.4 Å². The zero-order valence-corrected chi connectivity index (χ0v) is 11.3. The third kappa shape index (κ3) is 6.64. The number of β-amino-alcohol motifs (C(OH)–C–C–N with tert-alkyl or cyclic N) is 1. The highest BCUT2D eigenvalue weighted by molar-refractivity contribution is 5.77. The number of hydrogen-bond donors (Lipinski definition) is 2. The second-order valence-corrected chi connectivity index (χ2v) is 6.19. The number of carbonyl (C=O) groups excluding carboxylic acids is 1. The lowest BCUT2D eigenvalue weighted by atomic mass is 9.92. The number of piperidine rings is 1. The number of aliphatic hydroxyl groups excluding tert-OH is 1. The van der Waals surface area contributed by atoms with Crippen molar-refractivity contribution in [1.82, 2.24) is 10.2 Å². The molecule has 0 radical (unpaired) electrons. The predicted molar refractivity (Wildman–Crippen MR) is 68.8 cm³/mol. The molecule has 4 nitrogen and oxygen atoms in total. The molecule has 1 rings (SSSR count). The van der Waals surface area contributed by atoms with Crippen LogP contribution in [0.3, 0.4) is 0 Å². The van der Waals surface area contributed by atoms with Crippen molar-refractivity contribution in [3.63, 3.8) is 0 Å². The Kier molecular flexibility index (Phi) is 5.40. The van der Waals surface area contributed by atoms with Crippen LogP contribution in [0.1, 0.15) is 40.0 Å².